The molecule has 0 unspecified atom stereocenters. The average Bonchev–Trinajstić information content (AvgIpc) is 1.25. The summed E-state index contributed by atoms with van der Waals surface area (Å²) in [5.74, 6) is 0.833. The molecule has 0 aliphatic rings. The van der Waals surface area contributed by atoms with E-state index >= 15 is 0 Å². The van der Waals surface area contributed by atoms with Gasteiger partial charge < -0.3 is 15.1 Å². The van der Waals surface area contributed by atoms with Crippen LogP contribution in [0.4, 0.5) is 0 Å². The molecule has 0 amide bonds. The highest BCUT2D eigenvalue weighted by molar-refractivity contribution is 6.30. The van der Waals surface area contributed by atoms with Crippen LogP contribution >= 0.6 is 0 Å². The molecule has 0 aliphatic carbocycles. The Morgan fingerprint density at radius 1 is 1.00 bits per heavy atom. The molecular weight excluding hydrogens is 107 g/mol. The molecule has 0 atom stereocenters. The Balaban J connectivity index is 0. The van der Waals surface area contributed by atoms with Crippen molar-refractivity contribution in [1.82, 2.24) is 0 Å². The van der Waals surface area contributed by atoms with Gasteiger partial charge in [0.25, 0.3) is 0 Å². The van der Waals surface area contributed by atoms with E-state index in [1.807, 2.05) is 0 Å². The van der Waals surface area contributed by atoms with Gasteiger partial charge in [-0.25, -0.2) is 0 Å². The van der Waals surface area contributed by atoms with E-state index in [-0.39, 0.29) is 0 Å². The van der Waals surface area contributed by atoms with Gasteiger partial charge in [-0.3, -0.25) is 0 Å². The van der Waals surface area contributed by atoms with Crippen LogP contribution in [0.15, 0.2) is 0 Å². The van der Waals surface area contributed by atoms with Gasteiger partial charge in [0.15, 0.2) is 0 Å². The van der Waals surface area contributed by atoms with Crippen LogP contribution in [0.25, 0.3) is 0 Å². The molecule has 0 heterocycles. The highest BCUT2D eigenvalue weighted by atomic mass is 16.5. The second kappa shape index (κ2) is 6.94. The topological polar surface area (TPSA) is 60.7 Å². The first-order valence-corrected chi connectivity index (χ1v) is 2.51. The third-order valence-corrected chi connectivity index (χ3v) is 0. The van der Waals surface area contributed by atoms with Crippen LogP contribution in [0.1, 0.15) is 20.8 Å². The number of hydrogen-bond donors (Lipinski definition) is 3. The van der Waals surface area contributed by atoms with Gasteiger partial charge in [-0.15, -0.1) is 0 Å². The zero-order chi connectivity index (χ0) is 7.15. The fourth-order valence-electron chi connectivity index (χ4n) is 0. The Morgan fingerprint density at radius 3 is 1.00 bits per heavy atom. The minimum atomic E-state index is -2.17. The largest absolute Gasteiger partial charge is 0.631 e. The highest BCUT2D eigenvalue weighted by Crippen LogP contribution is 1.81. The van der Waals surface area contributed by atoms with E-state index in [4.69, 9.17) is 15.1 Å². The van der Waals surface area contributed by atoms with Crippen molar-refractivity contribution in [3.63, 3.8) is 0 Å². The third-order valence-electron chi connectivity index (χ3n) is 0. The first-order chi connectivity index (χ1) is 3.46. The summed E-state index contributed by atoms with van der Waals surface area (Å²) in [4.78, 5) is 0. The normalized spacial score (nSPS) is 7.88. The first-order valence-electron chi connectivity index (χ1n) is 2.51. The van der Waals surface area contributed by atoms with Crippen LogP contribution in [0.3, 0.4) is 0 Å². The predicted octanol–water partition coefficient (Wildman–Crippen LogP) is -0.390. The van der Waals surface area contributed by atoms with Crippen molar-refractivity contribution in [2.45, 2.75) is 20.8 Å². The van der Waals surface area contributed by atoms with Gasteiger partial charge in [0, 0.05) is 0 Å². The van der Waals surface area contributed by atoms with E-state index in [0.29, 0.717) is 0 Å². The summed E-state index contributed by atoms with van der Waals surface area (Å²) in [6.45, 7) is 6.50. The number of rotatable bonds is 0. The Labute approximate surface area is 50.2 Å². The molecule has 0 saturated heterocycles. The van der Waals surface area contributed by atoms with Crippen molar-refractivity contribution in [1.29, 1.82) is 0 Å². The van der Waals surface area contributed by atoms with E-state index in [0.717, 1.165) is 5.92 Å². The maximum Gasteiger partial charge on any atom is 0.631 e. The van der Waals surface area contributed by atoms with Crippen LogP contribution in [0, 0.1) is 5.92 Å². The highest BCUT2D eigenvalue weighted by Gasteiger charge is 1.92. The van der Waals surface area contributed by atoms with E-state index < -0.39 is 7.32 Å². The molecule has 0 saturated carbocycles. The summed E-state index contributed by atoms with van der Waals surface area (Å²) >= 11 is 0. The Hall–Kier alpha value is -0.0551. The van der Waals surface area contributed by atoms with Crippen molar-refractivity contribution in [2.24, 2.45) is 5.92 Å². The van der Waals surface area contributed by atoms with Gasteiger partial charge >= 0.3 is 7.32 Å². The molecule has 0 aromatic carbocycles. The monoisotopic (exact) mass is 120 g/mol. The van der Waals surface area contributed by atoms with Gasteiger partial charge in [0.1, 0.15) is 0 Å². The van der Waals surface area contributed by atoms with Crippen molar-refractivity contribution in [3.8, 4) is 0 Å². The Bertz CT molecular complexity index is 26.8. The fourth-order valence-corrected chi connectivity index (χ4v) is 0. The molecule has 0 bridgehead atoms. The van der Waals surface area contributed by atoms with Crippen LogP contribution in [-0.2, 0) is 0 Å². The van der Waals surface area contributed by atoms with Gasteiger partial charge in [0.05, 0.1) is 0 Å². The van der Waals surface area contributed by atoms with E-state index in [9.17, 15) is 0 Å². The van der Waals surface area contributed by atoms with Gasteiger partial charge in [-0.05, 0) is 5.92 Å². The second-order valence-electron chi connectivity index (χ2n) is 2.08. The van der Waals surface area contributed by atoms with Gasteiger partial charge in [-0.1, -0.05) is 20.8 Å². The lowest BCUT2D eigenvalue weighted by molar-refractivity contribution is 0.278. The van der Waals surface area contributed by atoms with Crippen LogP contribution in [0.5, 0.6) is 0 Å². The summed E-state index contributed by atoms with van der Waals surface area (Å²) in [7, 11) is -2.17. The molecule has 0 aromatic heterocycles. The minimum Gasteiger partial charge on any atom is -0.402 e. The standard InChI is InChI=1S/C4H10.BH3O3/c1-4(2)3;2-1(3)4/h4H,1-3H3;2-4H. The summed E-state index contributed by atoms with van der Waals surface area (Å²) in [5, 5.41) is 21.5. The smallest absolute Gasteiger partial charge is 0.402 e. The molecule has 3 nitrogen and oxygen atoms in total. The Kier molecular flexibility index (Phi) is 9.41. The average molecular weight is 120 g/mol. The van der Waals surface area contributed by atoms with E-state index in [2.05, 4.69) is 20.8 Å². The molecule has 50 valence electrons. The molecule has 0 aromatic rings. The zero-order valence-corrected chi connectivity index (χ0v) is 5.50. The lowest BCUT2D eigenvalue weighted by Gasteiger charge is -1.79. The SMILES string of the molecule is CC(C)C.OB(O)O. The minimum absolute atomic E-state index is 0.833. The lowest BCUT2D eigenvalue weighted by Crippen LogP contribution is -2.07. The molecule has 0 spiro atoms. The molecule has 4 heteroatoms. The van der Waals surface area contributed by atoms with E-state index in [1.165, 1.54) is 0 Å². The molecule has 0 aliphatic heterocycles. The quantitative estimate of drug-likeness (QED) is 0.381. The van der Waals surface area contributed by atoms with Crippen LogP contribution in [0.2, 0.25) is 0 Å². The maximum atomic E-state index is 7.17. The molecule has 0 rings (SSSR count). The molecule has 0 radical (unpaired) electrons. The predicted molar refractivity (Wildman–Crippen MR) is 32.9 cm³/mol. The molecule has 3 N–H and O–H groups in total. The third kappa shape index (κ3) is 47900. The first kappa shape index (κ1) is 10.8. The van der Waals surface area contributed by atoms with Crippen molar-refractivity contribution >= 4 is 7.32 Å². The fraction of sp³-hybridized carbons (Fsp3) is 1.00. The van der Waals surface area contributed by atoms with Crippen molar-refractivity contribution in [3.05, 3.63) is 0 Å². The lowest BCUT2D eigenvalue weighted by atomic mass is 10.3. The molecule has 0 fully saturated rings. The van der Waals surface area contributed by atoms with E-state index in [1.54, 1.807) is 0 Å². The van der Waals surface area contributed by atoms with Crippen LogP contribution in [-0.4, -0.2) is 22.4 Å². The maximum absolute atomic E-state index is 7.17. The Morgan fingerprint density at radius 2 is 1.00 bits per heavy atom. The van der Waals surface area contributed by atoms with Crippen LogP contribution < -0.4 is 0 Å². The summed E-state index contributed by atoms with van der Waals surface area (Å²) in [5.41, 5.74) is 0. The zero-order valence-electron chi connectivity index (χ0n) is 5.50. The van der Waals surface area contributed by atoms with Gasteiger partial charge in [0.2, 0.25) is 0 Å². The molecular formula is C4H13BO3. The van der Waals surface area contributed by atoms with Gasteiger partial charge in [-0.2, -0.15) is 0 Å². The number of hydrogen-bond acceptors (Lipinski definition) is 3. The van der Waals surface area contributed by atoms with Crippen molar-refractivity contribution < 1.29 is 15.1 Å². The molecule has 8 heavy (non-hydrogen) atoms. The second-order valence-corrected chi connectivity index (χ2v) is 2.08. The summed E-state index contributed by atoms with van der Waals surface area (Å²) < 4.78 is 0. The summed E-state index contributed by atoms with van der Waals surface area (Å²) in [6.07, 6.45) is 0. The van der Waals surface area contributed by atoms with Crippen molar-refractivity contribution in [2.75, 3.05) is 0 Å². The summed E-state index contributed by atoms with van der Waals surface area (Å²) in [6, 6.07) is 0.